The monoisotopic (exact) mass is 244 g/mol. The number of amides is 1. The fraction of sp³-hybridized carbons (Fsp3) is 0.917. The molecule has 0 radical (unpaired) electrons. The lowest BCUT2D eigenvalue weighted by atomic mass is 9.97. The van der Waals surface area contributed by atoms with Crippen LogP contribution in [0.25, 0.3) is 0 Å². The van der Waals surface area contributed by atoms with Gasteiger partial charge in [-0.15, -0.1) is 0 Å². The van der Waals surface area contributed by atoms with Crippen molar-refractivity contribution in [2.24, 2.45) is 17.4 Å². The largest absolute Gasteiger partial charge is 0.381 e. The Bertz CT molecular complexity index is 238. The van der Waals surface area contributed by atoms with Crippen LogP contribution in [-0.4, -0.2) is 37.9 Å². The summed E-state index contributed by atoms with van der Waals surface area (Å²) in [7, 11) is 0. The summed E-state index contributed by atoms with van der Waals surface area (Å²) in [6.45, 7) is 4.76. The van der Waals surface area contributed by atoms with Gasteiger partial charge < -0.3 is 20.9 Å². The molecule has 1 rings (SSSR count). The van der Waals surface area contributed by atoms with E-state index in [1.807, 2.05) is 0 Å². The van der Waals surface area contributed by atoms with E-state index in [4.69, 9.17) is 20.9 Å². The van der Waals surface area contributed by atoms with Gasteiger partial charge in [-0.2, -0.15) is 0 Å². The SMILES string of the molecule is CC(N)(CCCOCC1CCOCC1)C(N)=O. The van der Waals surface area contributed by atoms with Crippen LogP contribution in [0.2, 0.25) is 0 Å². The van der Waals surface area contributed by atoms with Crippen LogP contribution in [0.15, 0.2) is 0 Å². The third-order valence-electron chi connectivity index (χ3n) is 3.24. The first-order chi connectivity index (χ1) is 8.02. The van der Waals surface area contributed by atoms with Crippen LogP contribution in [-0.2, 0) is 14.3 Å². The zero-order chi connectivity index (χ0) is 12.7. The van der Waals surface area contributed by atoms with Crippen LogP contribution in [0.3, 0.4) is 0 Å². The number of ether oxygens (including phenoxy) is 2. The summed E-state index contributed by atoms with van der Waals surface area (Å²) in [5.74, 6) is 0.158. The van der Waals surface area contributed by atoms with Crippen molar-refractivity contribution in [1.82, 2.24) is 0 Å². The molecule has 1 fully saturated rings. The van der Waals surface area contributed by atoms with Crippen LogP contribution in [0.1, 0.15) is 32.6 Å². The quantitative estimate of drug-likeness (QED) is 0.635. The summed E-state index contributed by atoms with van der Waals surface area (Å²) in [5, 5.41) is 0. The average Bonchev–Trinajstić information content (AvgIpc) is 2.29. The Morgan fingerprint density at radius 1 is 1.47 bits per heavy atom. The van der Waals surface area contributed by atoms with Gasteiger partial charge in [0.05, 0.1) is 5.54 Å². The van der Waals surface area contributed by atoms with Gasteiger partial charge in [-0.25, -0.2) is 0 Å². The average molecular weight is 244 g/mol. The van der Waals surface area contributed by atoms with Crippen LogP contribution >= 0.6 is 0 Å². The molecule has 17 heavy (non-hydrogen) atoms. The Morgan fingerprint density at radius 2 is 2.12 bits per heavy atom. The van der Waals surface area contributed by atoms with Crippen molar-refractivity contribution < 1.29 is 14.3 Å². The normalized spacial score (nSPS) is 21.1. The molecular formula is C12H24N2O3. The maximum absolute atomic E-state index is 11.0. The van der Waals surface area contributed by atoms with Gasteiger partial charge in [0.1, 0.15) is 0 Å². The molecule has 0 aliphatic carbocycles. The molecule has 100 valence electrons. The number of primary amides is 1. The summed E-state index contributed by atoms with van der Waals surface area (Å²) in [5.41, 5.74) is 10.0. The first-order valence-corrected chi connectivity index (χ1v) is 6.26. The molecular weight excluding hydrogens is 220 g/mol. The van der Waals surface area contributed by atoms with Gasteiger partial charge in [-0.1, -0.05) is 0 Å². The minimum absolute atomic E-state index is 0.457. The molecule has 0 aromatic heterocycles. The summed E-state index contributed by atoms with van der Waals surface area (Å²) in [6, 6.07) is 0. The Labute approximate surface area is 103 Å². The van der Waals surface area contributed by atoms with Crippen LogP contribution in [0.4, 0.5) is 0 Å². The van der Waals surface area contributed by atoms with Gasteiger partial charge in [-0.3, -0.25) is 4.79 Å². The standard InChI is InChI=1S/C12H24N2O3/c1-12(14,11(13)15)5-2-6-17-9-10-3-7-16-8-4-10/h10H,2-9,14H2,1H3,(H2,13,15). The molecule has 1 saturated heterocycles. The molecule has 1 aliphatic rings. The molecule has 0 bridgehead atoms. The van der Waals surface area contributed by atoms with Crippen molar-refractivity contribution in [3.63, 3.8) is 0 Å². The molecule has 0 spiro atoms. The second-order valence-corrected chi connectivity index (χ2v) is 5.02. The highest BCUT2D eigenvalue weighted by Crippen LogP contribution is 2.15. The minimum Gasteiger partial charge on any atom is -0.381 e. The van der Waals surface area contributed by atoms with E-state index in [1.165, 1.54) is 0 Å². The Morgan fingerprint density at radius 3 is 2.71 bits per heavy atom. The fourth-order valence-electron chi connectivity index (χ4n) is 1.83. The Balaban J connectivity index is 2.02. The van der Waals surface area contributed by atoms with Crippen LogP contribution in [0.5, 0.6) is 0 Å². The van der Waals surface area contributed by atoms with Crippen molar-refractivity contribution in [3.8, 4) is 0 Å². The highest BCUT2D eigenvalue weighted by Gasteiger charge is 2.24. The van der Waals surface area contributed by atoms with Crippen molar-refractivity contribution in [2.45, 2.75) is 38.1 Å². The van der Waals surface area contributed by atoms with Gasteiger partial charge in [0, 0.05) is 26.4 Å². The highest BCUT2D eigenvalue weighted by molar-refractivity contribution is 5.83. The Kier molecular flexibility index (Phi) is 5.88. The second-order valence-electron chi connectivity index (χ2n) is 5.02. The van der Waals surface area contributed by atoms with E-state index in [0.717, 1.165) is 39.1 Å². The third kappa shape index (κ3) is 5.48. The molecule has 1 aliphatic heterocycles. The zero-order valence-electron chi connectivity index (χ0n) is 10.6. The lowest BCUT2D eigenvalue weighted by molar-refractivity contribution is -0.122. The van der Waals surface area contributed by atoms with Crippen LogP contribution in [0, 0.1) is 5.92 Å². The van der Waals surface area contributed by atoms with E-state index >= 15 is 0 Å². The smallest absolute Gasteiger partial charge is 0.237 e. The summed E-state index contributed by atoms with van der Waals surface area (Å²) < 4.78 is 10.9. The molecule has 4 N–H and O–H groups in total. The number of nitrogens with two attached hydrogens (primary N) is 2. The first-order valence-electron chi connectivity index (χ1n) is 6.26. The third-order valence-corrected chi connectivity index (χ3v) is 3.24. The predicted molar refractivity (Wildman–Crippen MR) is 65.4 cm³/mol. The molecule has 5 nitrogen and oxygen atoms in total. The maximum Gasteiger partial charge on any atom is 0.237 e. The highest BCUT2D eigenvalue weighted by atomic mass is 16.5. The van der Waals surface area contributed by atoms with Crippen LogP contribution < -0.4 is 11.5 Å². The van der Waals surface area contributed by atoms with Crippen molar-refractivity contribution in [2.75, 3.05) is 26.4 Å². The summed E-state index contributed by atoms with van der Waals surface area (Å²) >= 11 is 0. The van der Waals surface area contributed by atoms with E-state index in [-0.39, 0.29) is 0 Å². The number of hydrogen-bond acceptors (Lipinski definition) is 4. The summed E-state index contributed by atoms with van der Waals surface area (Å²) in [6.07, 6.45) is 3.49. The van der Waals surface area contributed by atoms with Crippen molar-refractivity contribution >= 4 is 5.91 Å². The molecule has 0 aromatic carbocycles. The second kappa shape index (κ2) is 6.93. The molecule has 1 atom stereocenters. The fourth-order valence-corrected chi connectivity index (χ4v) is 1.83. The van der Waals surface area contributed by atoms with Gasteiger partial charge in [0.15, 0.2) is 0 Å². The lowest BCUT2D eigenvalue weighted by Crippen LogP contribution is -2.49. The number of hydrogen-bond donors (Lipinski definition) is 2. The number of rotatable bonds is 7. The van der Waals surface area contributed by atoms with Gasteiger partial charge in [0.25, 0.3) is 0 Å². The van der Waals surface area contributed by atoms with E-state index in [0.29, 0.717) is 18.9 Å². The lowest BCUT2D eigenvalue weighted by Gasteiger charge is -2.23. The van der Waals surface area contributed by atoms with E-state index in [1.54, 1.807) is 6.92 Å². The van der Waals surface area contributed by atoms with Gasteiger partial charge in [-0.05, 0) is 38.5 Å². The number of carbonyl (C=O) groups excluding carboxylic acids is 1. The molecule has 0 aromatic rings. The van der Waals surface area contributed by atoms with E-state index < -0.39 is 11.4 Å². The summed E-state index contributed by atoms with van der Waals surface area (Å²) in [4.78, 5) is 11.0. The number of carbonyl (C=O) groups is 1. The molecule has 1 heterocycles. The Hall–Kier alpha value is -0.650. The van der Waals surface area contributed by atoms with Gasteiger partial charge in [0.2, 0.25) is 5.91 Å². The maximum atomic E-state index is 11.0. The topological polar surface area (TPSA) is 87.6 Å². The van der Waals surface area contributed by atoms with Crippen molar-refractivity contribution in [1.29, 1.82) is 0 Å². The van der Waals surface area contributed by atoms with E-state index in [2.05, 4.69) is 0 Å². The minimum atomic E-state index is -0.915. The molecule has 0 saturated carbocycles. The van der Waals surface area contributed by atoms with E-state index in [9.17, 15) is 4.79 Å². The molecule has 1 unspecified atom stereocenters. The molecule has 5 heteroatoms. The predicted octanol–water partition coefficient (Wildman–Crippen LogP) is 0.413. The zero-order valence-corrected chi connectivity index (χ0v) is 10.6. The molecule has 1 amide bonds. The van der Waals surface area contributed by atoms with Crippen molar-refractivity contribution in [3.05, 3.63) is 0 Å². The first kappa shape index (κ1) is 14.4. The van der Waals surface area contributed by atoms with Gasteiger partial charge >= 0.3 is 0 Å².